The van der Waals surface area contributed by atoms with Gasteiger partial charge in [-0.15, -0.1) is 0 Å². The minimum Gasteiger partial charge on any atom is -0.490 e. The molecule has 0 aliphatic carbocycles. The van der Waals surface area contributed by atoms with Crippen LogP contribution in [-0.4, -0.2) is 37.0 Å². The van der Waals surface area contributed by atoms with Crippen LogP contribution in [0.1, 0.15) is 13.8 Å². The number of carbonyl (C=O) groups excluding carboxylic acids is 1. The first-order valence-corrected chi connectivity index (χ1v) is 6.47. The van der Waals surface area contributed by atoms with Crippen LogP contribution in [0.3, 0.4) is 0 Å². The Morgan fingerprint density at radius 3 is 2.63 bits per heavy atom. The zero-order valence-corrected chi connectivity index (χ0v) is 11.6. The Bertz CT molecular complexity index is 407. The summed E-state index contributed by atoms with van der Waals surface area (Å²) in [6.07, 6.45) is 0. The average Bonchev–Trinajstić information content (AvgIpc) is 2.30. The molecule has 19 heavy (non-hydrogen) atoms. The van der Waals surface area contributed by atoms with E-state index in [0.29, 0.717) is 30.5 Å². The van der Waals surface area contributed by atoms with Gasteiger partial charge in [-0.2, -0.15) is 0 Å². The van der Waals surface area contributed by atoms with Crippen molar-refractivity contribution in [2.24, 2.45) is 11.7 Å². The molecule has 5 nitrogen and oxygen atoms in total. The molecule has 106 valence electrons. The second-order valence-corrected chi connectivity index (χ2v) is 4.98. The second kappa shape index (κ2) is 7.63. The van der Waals surface area contributed by atoms with Gasteiger partial charge < -0.3 is 16.2 Å². The Labute approximate surface area is 114 Å². The number of hydrogen-bond donors (Lipinski definition) is 2. The molecule has 0 aromatic heterocycles. The van der Waals surface area contributed by atoms with E-state index in [2.05, 4.69) is 13.8 Å². The first-order chi connectivity index (χ1) is 8.99. The van der Waals surface area contributed by atoms with Crippen LogP contribution in [0.25, 0.3) is 0 Å². The third-order valence-electron chi connectivity index (χ3n) is 2.59. The molecule has 0 atom stereocenters. The molecule has 0 heterocycles. The molecule has 0 bridgehead atoms. The predicted molar refractivity (Wildman–Crippen MR) is 76.8 cm³/mol. The monoisotopic (exact) mass is 265 g/mol. The fourth-order valence-electron chi connectivity index (χ4n) is 1.87. The highest BCUT2D eigenvalue weighted by Gasteiger charge is 2.10. The maximum Gasteiger partial charge on any atom is 0.231 e. The summed E-state index contributed by atoms with van der Waals surface area (Å²) in [6, 6.07) is 7.36. The first-order valence-electron chi connectivity index (χ1n) is 6.47. The zero-order valence-electron chi connectivity index (χ0n) is 11.6. The molecule has 0 unspecified atom stereocenters. The van der Waals surface area contributed by atoms with E-state index in [1.165, 1.54) is 0 Å². The molecule has 5 heteroatoms. The molecule has 4 N–H and O–H groups in total. The van der Waals surface area contributed by atoms with E-state index < -0.39 is 0 Å². The van der Waals surface area contributed by atoms with Crippen LogP contribution < -0.4 is 16.2 Å². The van der Waals surface area contributed by atoms with Gasteiger partial charge in [0.05, 0.1) is 12.2 Å². The van der Waals surface area contributed by atoms with Crippen molar-refractivity contribution in [1.29, 1.82) is 0 Å². The quantitative estimate of drug-likeness (QED) is 0.689. The van der Waals surface area contributed by atoms with Crippen LogP contribution >= 0.6 is 0 Å². The number of benzene rings is 1. The van der Waals surface area contributed by atoms with Gasteiger partial charge in [0, 0.05) is 13.1 Å². The minimum absolute atomic E-state index is 0.256. The maximum atomic E-state index is 11.0. The summed E-state index contributed by atoms with van der Waals surface area (Å²) >= 11 is 0. The molecule has 1 rings (SSSR count). The van der Waals surface area contributed by atoms with Crippen molar-refractivity contribution in [3.8, 4) is 5.75 Å². The summed E-state index contributed by atoms with van der Waals surface area (Å²) < 4.78 is 5.61. The molecule has 1 amide bonds. The van der Waals surface area contributed by atoms with Gasteiger partial charge in [0.1, 0.15) is 12.4 Å². The zero-order chi connectivity index (χ0) is 14.3. The van der Waals surface area contributed by atoms with Crippen molar-refractivity contribution in [2.45, 2.75) is 13.8 Å². The van der Waals surface area contributed by atoms with Crippen LogP contribution in [0.5, 0.6) is 5.75 Å². The fraction of sp³-hybridized carbons (Fsp3) is 0.500. The highest BCUT2D eigenvalue weighted by atomic mass is 16.5. The SMILES string of the molecule is CC(C)CN(CCOc1ccccc1N)CC(N)=O. The predicted octanol–water partition coefficient (Wildman–Crippen LogP) is 1.09. The number of nitrogen functional groups attached to an aromatic ring is 1. The van der Waals surface area contributed by atoms with Gasteiger partial charge in [-0.25, -0.2) is 0 Å². The largest absolute Gasteiger partial charge is 0.490 e. The van der Waals surface area contributed by atoms with Gasteiger partial charge in [0.2, 0.25) is 5.91 Å². The van der Waals surface area contributed by atoms with Crippen LogP contribution in [0.4, 0.5) is 5.69 Å². The maximum absolute atomic E-state index is 11.0. The molecule has 1 aromatic rings. The lowest BCUT2D eigenvalue weighted by Gasteiger charge is -2.22. The van der Waals surface area contributed by atoms with Crippen molar-refractivity contribution >= 4 is 11.6 Å². The number of carbonyl (C=O) groups is 1. The standard InChI is InChI=1S/C14H23N3O2/c1-11(2)9-17(10-14(16)18)7-8-19-13-6-4-3-5-12(13)15/h3-6,11H,7-10,15H2,1-2H3,(H2,16,18). The van der Waals surface area contributed by atoms with E-state index in [1.807, 2.05) is 23.1 Å². The van der Waals surface area contributed by atoms with E-state index in [1.54, 1.807) is 6.07 Å². The summed E-state index contributed by atoms with van der Waals surface area (Å²) in [5.41, 5.74) is 11.6. The fourth-order valence-corrected chi connectivity index (χ4v) is 1.87. The summed E-state index contributed by atoms with van der Waals surface area (Å²) in [5, 5.41) is 0. The van der Waals surface area contributed by atoms with E-state index in [0.717, 1.165) is 6.54 Å². The normalized spacial score (nSPS) is 10.9. The van der Waals surface area contributed by atoms with E-state index in [9.17, 15) is 4.79 Å². The van der Waals surface area contributed by atoms with Crippen LogP contribution in [-0.2, 0) is 4.79 Å². The Morgan fingerprint density at radius 1 is 1.37 bits per heavy atom. The van der Waals surface area contributed by atoms with Gasteiger partial charge in [-0.1, -0.05) is 26.0 Å². The number of amides is 1. The number of primary amides is 1. The van der Waals surface area contributed by atoms with Crippen molar-refractivity contribution in [2.75, 3.05) is 32.0 Å². The summed E-state index contributed by atoms with van der Waals surface area (Å²) in [6.45, 7) is 6.40. The molecule has 0 saturated carbocycles. The van der Waals surface area contributed by atoms with Crippen LogP contribution in [0, 0.1) is 5.92 Å². The summed E-state index contributed by atoms with van der Waals surface area (Å²) in [5.74, 6) is 0.826. The lowest BCUT2D eigenvalue weighted by atomic mass is 10.2. The number of hydrogen-bond acceptors (Lipinski definition) is 4. The molecule has 0 fully saturated rings. The number of rotatable bonds is 8. The number of para-hydroxylation sites is 2. The smallest absolute Gasteiger partial charge is 0.231 e. The Hall–Kier alpha value is -1.75. The van der Waals surface area contributed by atoms with Crippen molar-refractivity contribution in [3.63, 3.8) is 0 Å². The topological polar surface area (TPSA) is 81.6 Å². The van der Waals surface area contributed by atoms with E-state index in [4.69, 9.17) is 16.2 Å². The summed E-state index contributed by atoms with van der Waals surface area (Å²) in [4.78, 5) is 13.0. The second-order valence-electron chi connectivity index (χ2n) is 4.98. The summed E-state index contributed by atoms with van der Waals surface area (Å²) in [7, 11) is 0. The van der Waals surface area contributed by atoms with Crippen LogP contribution in [0.15, 0.2) is 24.3 Å². The van der Waals surface area contributed by atoms with E-state index in [-0.39, 0.29) is 12.5 Å². The molecule has 0 radical (unpaired) electrons. The van der Waals surface area contributed by atoms with Gasteiger partial charge in [0.15, 0.2) is 0 Å². The van der Waals surface area contributed by atoms with Crippen molar-refractivity contribution in [1.82, 2.24) is 4.90 Å². The van der Waals surface area contributed by atoms with Gasteiger partial charge in [-0.3, -0.25) is 9.69 Å². The average molecular weight is 265 g/mol. The molecule has 0 aliphatic rings. The first kappa shape index (κ1) is 15.3. The number of ether oxygens (including phenoxy) is 1. The van der Waals surface area contributed by atoms with Crippen molar-refractivity contribution < 1.29 is 9.53 Å². The van der Waals surface area contributed by atoms with Crippen LogP contribution in [0.2, 0.25) is 0 Å². The molecule has 1 aromatic carbocycles. The van der Waals surface area contributed by atoms with Gasteiger partial charge in [0.25, 0.3) is 0 Å². The third kappa shape index (κ3) is 6.10. The Kier molecular flexibility index (Phi) is 6.15. The molecular weight excluding hydrogens is 242 g/mol. The minimum atomic E-state index is -0.320. The number of nitrogens with zero attached hydrogens (tertiary/aromatic N) is 1. The molecule has 0 spiro atoms. The highest BCUT2D eigenvalue weighted by molar-refractivity contribution is 5.75. The third-order valence-corrected chi connectivity index (χ3v) is 2.59. The Balaban J connectivity index is 2.43. The van der Waals surface area contributed by atoms with E-state index >= 15 is 0 Å². The number of nitrogens with two attached hydrogens (primary N) is 2. The molecule has 0 saturated heterocycles. The highest BCUT2D eigenvalue weighted by Crippen LogP contribution is 2.19. The van der Waals surface area contributed by atoms with Crippen molar-refractivity contribution in [3.05, 3.63) is 24.3 Å². The molecular formula is C14H23N3O2. The lowest BCUT2D eigenvalue weighted by molar-refractivity contribution is -0.119. The molecule has 0 aliphatic heterocycles. The lowest BCUT2D eigenvalue weighted by Crippen LogP contribution is -2.38. The number of anilines is 1. The van der Waals surface area contributed by atoms with Gasteiger partial charge in [-0.05, 0) is 18.1 Å². The Morgan fingerprint density at radius 2 is 2.05 bits per heavy atom. The van der Waals surface area contributed by atoms with Gasteiger partial charge >= 0.3 is 0 Å².